The van der Waals surface area contributed by atoms with Gasteiger partial charge >= 0.3 is 0 Å². The van der Waals surface area contributed by atoms with Gasteiger partial charge in [-0.3, -0.25) is 5.10 Å². The highest BCUT2D eigenvalue weighted by molar-refractivity contribution is 5.51. The second-order valence-electron chi connectivity index (χ2n) is 4.90. The number of benzene rings is 1. The fraction of sp³-hybridized carbons (Fsp3) is 0.133. The number of pyridine rings is 1. The first-order valence-corrected chi connectivity index (χ1v) is 6.97. The van der Waals surface area contributed by atoms with Crippen LogP contribution in [0.15, 0.2) is 42.6 Å². The number of nitrogens with zero attached hydrogens (tertiary/aromatic N) is 3. The molecule has 1 aromatic carbocycles. The third-order valence-corrected chi connectivity index (χ3v) is 3.30. The molecule has 1 aliphatic rings. The minimum atomic E-state index is -0.544. The van der Waals surface area contributed by atoms with Gasteiger partial charge in [-0.05, 0) is 24.3 Å². The van der Waals surface area contributed by atoms with E-state index in [2.05, 4.69) is 25.5 Å². The molecule has 3 aromatic rings. The Morgan fingerprint density at radius 1 is 1.17 bits per heavy atom. The zero-order valence-corrected chi connectivity index (χ0v) is 11.9. The van der Waals surface area contributed by atoms with Crippen molar-refractivity contribution in [3.63, 3.8) is 0 Å². The summed E-state index contributed by atoms with van der Waals surface area (Å²) in [7, 11) is 0. The SMILES string of the molecule is Fc1ccc(Nc2n[nH]c(C3COc4ccccc4O3)n2)cn1. The zero-order chi connectivity index (χ0) is 15.6. The van der Waals surface area contributed by atoms with Crippen molar-refractivity contribution in [2.45, 2.75) is 6.10 Å². The standard InChI is InChI=1S/C15H12FN5O2/c16-13-6-5-9(7-17-13)18-15-19-14(20-21-15)12-8-22-10-3-1-2-4-11(10)23-12/h1-7,12H,8H2,(H2,18,19,20,21). The van der Waals surface area contributed by atoms with Crippen LogP contribution < -0.4 is 14.8 Å². The van der Waals surface area contributed by atoms with Crippen molar-refractivity contribution in [2.24, 2.45) is 0 Å². The van der Waals surface area contributed by atoms with Crippen molar-refractivity contribution in [3.05, 3.63) is 54.4 Å². The number of hydrogen-bond donors (Lipinski definition) is 2. The number of anilines is 2. The number of hydrogen-bond acceptors (Lipinski definition) is 6. The second-order valence-corrected chi connectivity index (χ2v) is 4.90. The Morgan fingerprint density at radius 3 is 2.87 bits per heavy atom. The van der Waals surface area contributed by atoms with Crippen molar-refractivity contribution < 1.29 is 13.9 Å². The van der Waals surface area contributed by atoms with Gasteiger partial charge in [0.05, 0.1) is 11.9 Å². The average molecular weight is 313 g/mol. The van der Waals surface area contributed by atoms with E-state index in [9.17, 15) is 4.39 Å². The lowest BCUT2D eigenvalue weighted by molar-refractivity contribution is 0.0853. The highest BCUT2D eigenvalue weighted by Gasteiger charge is 2.25. The molecular weight excluding hydrogens is 301 g/mol. The van der Waals surface area contributed by atoms with Gasteiger partial charge in [-0.2, -0.15) is 9.37 Å². The molecule has 116 valence electrons. The van der Waals surface area contributed by atoms with Gasteiger partial charge in [0, 0.05) is 0 Å². The smallest absolute Gasteiger partial charge is 0.246 e. The number of rotatable bonds is 3. The van der Waals surface area contributed by atoms with Crippen LogP contribution in [0.2, 0.25) is 0 Å². The first-order chi connectivity index (χ1) is 11.3. The van der Waals surface area contributed by atoms with Crippen LogP contribution in [0.5, 0.6) is 11.5 Å². The number of aromatic nitrogens is 4. The molecule has 23 heavy (non-hydrogen) atoms. The van der Waals surface area contributed by atoms with E-state index in [0.29, 0.717) is 35.6 Å². The summed E-state index contributed by atoms with van der Waals surface area (Å²) in [5, 5.41) is 9.81. The molecular formula is C15H12FN5O2. The van der Waals surface area contributed by atoms with E-state index < -0.39 is 5.95 Å². The molecule has 1 unspecified atom stereocenters. The lowest BCUT2D eigenvalue weighted by Crippen LogP contribution is -2.22. The number of ether oxygens (including phenoxy) is 2. The van der Waals surface area contributed by atoms with E-state index >= 15 is 0 Å². The maximum atomic E-state index is 12.8. The van der Waals surface area contributed by atoms with Crippen LogP contribution in [-0.4, -0.2) is 26.8 Å². The maximum absolute atomic E-state index is 12.8. The Hall–Kier alpha value is -3.16. The van der Waals surface area contributed by atoms with Crippen molar-refractivity contribution in [3.8, 4) is 11.5 Å². The topological polar surface area (TPSA) is 85.0 Å². The van der Waals surface area contributed by atoms with Gasteiger partial charge in [-0.1, -0.05) is 12.1 Å². The molecule has 4 rings (SSSR count). The lowest BCUT2D eigenvalue weighted by atomic mass is 10.2. The summed E-state index contributed by atoms with van der Waals surface area (Å²) >= 11 is 0. The third-order valence-electron chi connectivity index (χ3n) is 3.30. The molecule has 0 bridgehead atoms. The number of nitrogens with one attached hydrogen (secondary N) is 2. The average Bonchev–Trinajstić information content (AvgIpc) is 3.05. The van der Waals surface area contributed by atoms with Gasteiger partial charge < -0.3 is 14.8 Å². The summed E-state index contributed by atoms with van der Waals surface area (Å²) in [6.07, 6.45) is 0.987. The minimum absolute atomic E-state index is 0.337. The van der Waals surface area contributed by atoms with Crippen molar-refractivity contribution in [1.82, 2.24) is 20.2 Å². The summed E-state index contributed by atoms with van der Waals surface area (Å²) < 4.78 is 24.3. The number of aromatic amines is 1. The summed E-state index contributed by atoms with van der Waals surface area (Å²) in [5.74, 6) is 1.71. The van der Waals surface area contributed by atoms with Crippen LogP contribution in [0, 0.1) is 5.95 Å². The second kappa shape index (κ2) is 5.56. The lowest BCUT2D eigenvalue weighted by Gasteiger charge is -2.24. The summed E-state index contributed by atoms with van der Waals surface area (Å²) in [4.78, 5) is 7.88. The van der Waals surface area contributed by atoms with Crippen LogP contribution in [0.3, 0.4) is 0 Å². The predicted molar refractivity (Wildman–Crippen MR) is 79.2 cm³/mol. The van der Waals surface area contributed by atoms with Crippen molar-refractivity contribution >= 4 is 11.6 Å². The molecule has 0 saturated heterocycles. The Bertz CT molecular complexity index is 821. The molecule has 0 aliphatic carbocycles. The quantitative estimate of drug-likeness (QED) is 0.723. The Morgan fingerprint density at radius 2 is 2.04 bits per heavy atom. The largest absolute Gasteiger partial charge is 0.485 e. The highest BCUT2D eigenvalue weighted by atomic mass is 19.1. The third kappa shape index (κ3) is 2.78. The van der Waals surface area contributed by atoms with E-state index in [1.54, 1.807) is 6.07 Å². The van der Waals surface area contributed by atoms with E-state index in [0.717, 1.165) is 0 Å². The molecule has 0 fully saturated rings. The van der Waals surface area contributed by atoms with Crippen LogP contribution >= 0.6 is 0 Å². The molecule has 8 heteroatoms. The Balaban J connectivity index is 1.49. The van der Waals surface area contributed by atoms with Gasteiger partial charge in [0.2, 0.25) is 11.9 Å². The monoisotopic (exact) mass is 313 g/mol. The van der Waals surface area contributed by atoms with Crippen LogP contribution in [0.25, 0.3) is 0 Å². The summed E-state index contributed by atoms with van der Waals surface area (Å²) in [5.41, 5.74) is 0.586. The molecule has 0 saturated carbocycles. The van der Waals surface area contributed by atoms with Gasteiger partial charge in [0.25, 0.3) is 0 Å². The fourth-order valence-electron chi connectivity index (χ4n) is 2.21. The van der Waals surface area contributed by atoms with Crippen LogP contribution in [0.4, 0.5) is 16.0 Å². The van der Waals surface area contributed by atoms with E-state index in [4.69, 9.17) is 9.47 Å². The fourth-order valence-corrected chi connectivity index (χ4v) is 2.21. The van der Waals surface area contributed by atoms with E-state index in [-0.39, 0.29) is 6.10 Å². The van der Waals surface area contributed by atoms with Gasteiger partial charge in [-0.25, -0.2) is 4.98 Å². The first-order valence-electron chi connectivity index (χ1n) is 6.97. The van der Waals surface area contributed by atoms with Gasteiger partial charge in [-0.15, -0.1) is 5.10 Å². The van der Waals surface area contributed by atoms with Gasteiger partial charge in [0.15, 0.2) is 23.4 Å². The summed E-state index contributed by atoms with van der Waals surface area (Å²) in [6, 6.07) is 10.2. The summed E-state index contributed by atoms with van der Waals surface area (Å²) in [6.45, 7) is 0.337. The van der Waals surface area contributed by atoms with Gasteiger partial charge in [0.1, 0.15) is 6.61 Å². The van der Waals surface area contributed by atoms with Crippen molar-refractivity contribution in [2.75, 3.05) is 11.9 Å². The molecule has 1 aliphatic heterocycles. The Kier molecular flexibility index (Phi) is 3.26. The Labute approximate surface area is 130 Å². The molecule has 0 spiro atoms. The first kappa shape index (κ1) is 13.5. The molecule has 3 heterocycles. The molecule has 0 amide bonds. The zero-order valence-electron chi connectivity index (χ0n) is 11.9. The number of para-hydroxylation sites is 2. The molecule has 2 N–H and O–H groups in total. The minimum Gasteiger partial charge on any atom is -0.485 e. The van der Waals surface area contributed by atoms with Crippen molar-refractivity contribution in [1.29, 1.82) is 0 Å². The predicted octanol–water partition coefficient (Wildman–Crippen LogP) is 2.59. The number of halogens is 1. The normalized spacial score (nSPS) is 16.1. The highest BCUT2D eigenvalue weighted by Crippen LogP contribution is 2.35. The van der Waals surface area contributed by atoms with E-state index in [1.807, 2.05) is 24.3 Å². The molecule has 1 atom stereocenters. The van der Waals surface area contributed by atoms with Crippen LogP contribution in [-0.2, 0) is 0 Å². The van der Waals surface area contributed by atoms with E-state index in [1.165, 1.54) is 12.3 Å². The molecule has 0 radical (unpaired) electrons. The maximum Gasteiger partial charge on any atom is 0.246 e. The molecule has 7 nitrogen and oxygen atoms in total. The number of fused-ring (bicyclic) bond motifs is 1. The van der Waals surface area contributed by atoms with Crippen LogP contribution in [0.1, 0.15) is 11.9 Å². The molecule has 2 aromatic heterocycles. The number of H-pyrrole nitrogens is 1.